The summed E-state index contributed by atoms with van der Waals surface area (Å²) in [5.41, 5.74) is 0.0672. The van der Waals surface area contributed by atoms with Crippen LogP contribution in [0.1, 0.15) is 43.0 Å². The van der Waals surface area contributed by atoms with Gasteiger partial charge in [0.1, 0.15) is 11.3 Å². The van der Waals surface area contributed by atoms with Crippen molar-refractivity contribution in [1.29, 1.82) is 0 Å². The monoisotopic (exact) mass is 341 g/mol. The zero-order valence-corrected chi connectivity index (χ0v) is 14.3. The summed E-state index contributed by atoms with van der Waals surface area (Å²) in [7, 11) is 0. The number of esters is 1. The van der Waals surface area contributed by atoms with E-state index in [0.717, 1.165) is 30.0 Å². The maximum atomic E-state index is 12.2. The van der Waals surface area contributed by atoms with Gasteiger partial charge in [-0.15, -0.1) is 0 Å². The van der Waals surface area contributed by atoms with Crippen molar-refractivity contribution in [1.82, 2.24) is 5.32 Å². The van der Waals surface area contributed by atoms with Crippen LogP contribution in [0.25, 0.3) is 10.8 Å². The first-order chi connectivity index (χ1) is 12.0. The smallest absolute Gasteiger partial charge is 0.342 e. The highest BCUT2D eigenvalue weighted by Gasteiger charge is 2.23. The molecule has 5 heteroatoms. The minimum absolute atomic E-state index is 0.0672. The Hall–Kier alpha value is -2.56. The summed E-state index contributed by atoms with van der Waals surface area (Å²) in [6, 6.07) is 10.7. The molecular weight excluding hydrogens is 318 g/mol. The fraction of sp³-hybridized carbons (Fsp3) is 0.400. The standard InChI is InChI=1S/C20H23NO4/c1-13-6-2-5-9-17(13)21-19(23)12-25-20(24)16-10-14-7-3-4-8-15(14)11-18(16)22/h3-4,7-8,10-11,13,17,22H,2,5-6,9,12H2,1H3,(H,21,23)/t13-,17-/m0/s1. The summed E-state index contributed by atoms with van der Waals surface area (Å²) in [6.45, 7) is 1.79. The van der Waals surface area contributed by atoms with Crippen molar-refractivity contribution >= 4 is 22.6 Å². The van der Waals surface area contributed by atoms with E-state index in [-0.39, 0.29) is 29.9 Å². The Morgan fingerprint density at radius 3 is 2.56 bits per heavy atom. The fourth-order valence-electron chi connectivity index (χ4n) is 3.38. The van der Waals surface area contributed by atoms with E-state index in [9.17, 15) is 14.7 Å². The number of hydrogen-bond donors (Lipinski definition) is 2. The SMILES string of the molecule is C[C@H]1CCCC[C@@H]1NC(=O)COC(=O)c1cc2ccccc2cc1O. The Kier molecular flexibility index (Phi) is 5.22. The predicted molar refractivity (Wildman–Crippen MR) is 95.5 cm³/mol. The minimum Gasteiger partial charge on any atom is -0.507 e. The van der Waals surface area contributed by atoms with Crippen LogP contribution in [0.5, 0.6) is 5.75 Å². The molecule has 2 aromatic carbocycles. The molecule has 25 heavy (non-hydrogen) atoms. The molecule has 0 aromatic heterocycles. The molecule has 2 atom stereocenters. The number of ether oxygens (including phenoxy) is 1. The number of carbonyl (C=O) groups excluding carboxylic acids is 2. The first-order valence-corrected chi connectivity index (χ1v) is 8.73. The van der Waals surface area contributed by atoms with Crippen molar-refractivity contribution in [3.05, 3.63) is 42.0 Å². The van der Waals surface area contributed by atoms with Crippen molar-refractivity contribution < 1.29 is 19.4 Å². The molecule has 0 saturated heterocycles. The highest BCUT2D eigenvalue weighted by molar-refractivity contribution is 5.99. The number of hydrogen-bond acceptors (Lipinski definition) is 4. The number of carbonyl (C=O) groups is 2. The normalized spacial score (nSPS) is 20.2. The van der Waals surface area contributed by atoms with Gasteiger partial charge in [-0.25, -0.2) is 4.79 Å². The average Bonchev–Trinajstić information content (AvgIpc) is 2.61. The van der Waals surface area contributed by atoms with Gasteiger partial charge in [0.15, 0.2) is 6.61 Å². The molecular formula is C20H23NO4. The van der Waals surface area contributed by atoms with Gasteiger partial charge < -0.3 is 15.2 Å². The zero-order chi connectivity index (χ0) is 17.8. The Balaban J connectivity index is 1.60. The molecule has 132 valence electrons. The molecule has 1 amide bonds. The van der Waals surface area contributed by atoms with E-state index in [1.807, 2.05) is 24.3 Å². The van der Waals surface area contributed by atoms with Crippen molar-refractivity contribution in [3.63, 3.8) is 0 Å². The van der Waals surface area contributed by atoms with Crippen LogP contribution in [0.3, 0.4) is 0 Å². The van der Waals surface area contributed by atoms with Gasteiger partial charge in [0.25, 0.3) is 5.91 Å². The lowest BCUT2D eigenvalue weighted by atomic mass is 9.86. The minimum atomic E-state index is -0.699. The van der Waals surface area contributed by atoms with Gasteiger partial charge in [-0.1, -0.05) is 44.0 Å². The molecule has 1 aliphatic carbocycles. The van der Waals surface area contributed by atoms with Gasteiger partial charge in [-0.3, -0.25) is 4.79 Å². The van der Waals surface area contributed by atoms with Gasteiger partial charge in [0, 0.05) is 6.04 Å². The van der Waals surface area contributed by atoms with Crippen LogP contribution in [0.2, 0.25) is 0 Å². The number of amides is 1. The summed E-state index contributed by atoms with van der Waals surface area (Å²) in [5, 5.41) is 14.6. The molecule has 5 nitrogen and oxygen atoms in total. The Morgan fingerprint density at radius 1 is 1.16 bits per heavy atom. The maximum Gasteiger partial charge on any atom is 0.342 e. The maximum absolute atomic E-state index is 12.2. The van der Waals surface area contributed by atoms with Gasteiger partial charge in [-0.2, -0.15) is 0 Å². The van der Waals surface area contributed by atoms with Gasteiger partial charge >= 0.3 is 5.97 Å². The summed E-state index contributed by atoms with van der Waals surface area (Å²) in [5.74, 6) is -0.703. The first kappa shape index (κ1) is 17.3. The number of nitrogens with one attached hydrogen (secondary N) is 1. The van der Waals surface area contributed by atoms with Gasteiger partial charge in [0.2, 0.25) is 0 Å². The third-order valence-electron chi connectivity index (χ3n) is 4.88. The summed E-state index contributed by atoms with van der Waals surface area (Å²) >= 11 is 0. The highest BCUT2D eigenvalue weighted by atomic mass is 16.5. The second-order valence-electron chi connectivity index (χ2n) is 6.73. The molecule has 0 spiro atoms. The van der Waals surface area contributed by atoms with Crippen molar-refractivity contribution in [2.24, 2.45) is 5.92 Å². The van der Waals surface area contributed by atoms with Crippen LogP contribution < -0.4 is 5.32 Å². The lowest BCUT2D eigenvalue weighted by Crippen LogP contribution is -2.42. The summed E-state index contributed by atoms with van der Waals surface area (Å²) in [6.07, 6.45) is 4.38. The predicted octanol–water partition coefficient (Wildman–Crippen LogP) is 3.40. The van der Waals surface area contributed by atoms with E-state index in [1.54, 1.807) is 6.07 Å². The first-order valence-electron chi connectivity index (χ1n) is 8.73. The van der Waals surface area contributed by atoms with Gasteiger partial charge in [0.05, 0.1) is 0 Å². The van der Waals surface area contributed by atoms with Crippen LogP contribution >= 0.6 is 0 Å². The zero-order valence-electron chi connectivity index (χ0n) is 14.3. The number of fused-ring (bicyclic) bond motifs is 1. The van der Waals surface area contributed by atoms with Crippen LogP contribution in [0.15, 0.2) is 36.4 Å². The lowest BCUT2D eigenvalue weighted by molar-refractivity contribution is -0.125. The number of rotatable bonds is 4. The fourth-order valence-corrected chi connectivity index (χ4v) is 3.38. The Labute approximate surface area is 147 Å². The van der Waals surface area contributed by atoms with E-state index >= 15 is 0 Å². The van der Waals surface area contributed by atoms with E-state index < -0.39 is 5.97 Å². The number of aromatic hydroxyl groups is 1. The Morgan fingerprint density at radius 2 is 1.84 bits per heavy atom. The molecule has 0 unspecified atom stereocenters. The highest BCUT2D eigenvalue weighted by Crippen LogP contribution is 2.26. The molecule has 1 aliphatic rings. The quantitative estimate of drug-likeness (QED) is 0.836. The largest absolute Gasteiger partial charge is 0.507 e. The topological polar surface area (TPSA) is 75.6 Å². The molecule has 1 fully saturated rings. The van der Waals surface area contributed by atoms with Crippen molar-refractivity contribution in [3.8, 4) is 5.75 Å². The number of phenols is 1. The Bertz CT molecular complexity index is 786. The molecule has 3 rings (SSSR count). The third-order valence-corrected chi connectivity index (χ3v) is 4.88. The van der Waals surface area contributed by atoms with Crippen LogP contribution in [0.4, 0.5) is 0 Å². The number of phenolic OH excluding ortho intramolecular Hbond substituents is 1. The average molecular weight is 341 g/mol. The summed E-state index contributed by atoms with van der Waals surface area (Å²) < 4.78 is 5.09. The molecule has 2 aromatic rings. The lowest BCUT2D eigenvalue weighted by Gasteiger charge is -2.29. The molecule has 0 aliphatic heterocycles. The molecule has 2 N–H and O–H groups in total. The van der Waals surface area contributed by atoms with E-state index in [4.69, 9.17) is 4.74 Å². The second kappa shape index (κ2) is 7.55. The van der Waals surface area contributed by atoms with E-state index in [2.05, 4.69) is 12.2 Å². The van der Waals surface area contributed by atoms with E-state index in [0.29, 0.717) is 5.92 Å². The van der Waals surface area contributed by atoms with Crippen LogP contribution in [-0.4, -0.2) is 29.6 Å². The van der Waals surface area contributed by atoms with Crippen molar-refractivity contribution in [2.45, 2.75) is 38.6 Å². The third kappa shape index (κ3) is 4.10. The van der Waals surface area contributed by atoms with Crippen LogP contribution in [-0.2, 0) is 9.53 Å². The molecule has 0 bridgehead atoms. The molecule has 0 heterocycles. The molecule has 0 radical (unpaired) electrons. The molecule has 1 saturated carbocycles. The van der Waals surface area contributed by atoms with Crippen LogP contribution in [0, 0.1) is 5.92 Å². The number of benzene rings is 2. The second-order valence-corrected chi connectivity index (χ2v) is 6.73. The van der Waals surface area contributed by atoms with Gasteiger partial charge in [-0.05, 0) is 41.7 Å². The van der Waals surface area contributed by atoms with Crippen molar-refractivity contribution in [2.75, 3.05) is 6.61 Å². The van der Waals surface area contributed by atoms with E-state index in [1.165, 1.54) is 12.5 Å². The summed E-state index contributed by atoms with van der Waals surface area (Å²) in [4.78, 5) is 24.2.